The van der Waals surface area contributed by atoms with Crippen LogP contribution in [-0.4, -0.2) is 26.3 Å². The van der Waals surface area contributed by atoms with Gasteiger partial charge in [0.15, 0.2) is 0 Å². The quantitative estimate of drug-likeness (QED) is 0.602. The van der Waals surface area contributed by atoms with Crippen molar-refractivity contribution in [2.24, 2.45) is 0 Å². The van der Waals surface area contributed by atoms with E-state index in [1.165, 1.54) is 12.8 Å². The van der Waals surface area contributed by atoms with Crippen molar-refractivity contribution < 1.29 is 4.74 Å². The Balaban J connectivity index is 0.000000371. The third-order valence-corrected chi connectivity index (χ3v) is 1.63. The van der Waals surface area contributed by atoms with Crippen LogP contribution < -0.4 is 5.32 Å². The molecule has 0 atom stereocenters. The molecule has 0 saturated carbocycles. The van der Waals surface area contributed by atoms with Crippen molar-refractivity contribution in [3.8, 4) is 0 Å². The summed E-state index contributed by atoms with van der Waals surface area (Å²) in [5.74, 6) is 0. The average Bonchev–Trinajstić information content (AvgIpc) is 2.10. The van der Waals surface area contributed by atoms with Crippen LogP contribution in [0.1, 0.15) is 26.7 Å². The maximum absolute atomic E-state index is 5.16. The lowest BCUT2D eigenvalue weighted by atomic mass is 10.1. The highest BCUT2D eigenvalue weighted by molar-refractivity contribution is 4.66. The van der Waals surface area contributed by atoms with E-state index in [9.17, 15) is 0 Å². The monoisotopic (exact) mass is 145 g/mol. The van der Waals surface area contributed by atoms with Crippen molar-refractivity contribution in [3.05, 3.63) is 0 Å². The number of nitrogens with one attached hydrogen (secondary N) is 1. The van der Waals surface area contributed by atoms with Gasteiger partial charge < -0.3 is 10.1 Å². The summed E-state index contributed by atoms with van der Waals surface area (Å²) in [5, 5.41) is 3.22. The second kappa shape index (κ2) is 7.03. The van der Waals surface area contributed by atoms with Crippen LogP contribution in [0.25, 0.3) is 0 Å². The molecular weight excluding hydrogens is 126 g/mol. The fraction of sp³-hybridized carbons (Fsp3) is 1.00. The molecule has 2 nitrogen and oxygen atoms in total. The molecule has 0 amide bonds. The van der Waals surface area contributed by atoms with Gasteiger partial charge in [0.05, 0.1) is 0 Å². The van der Waals surface area contributed by atoms with Gasteiger partial charge in [-0.2, -0.15) is 0 Å². The molecule has 1 N–H and O–H groups in total. The highest BCUT2D eigenvalue weighted by atomic mass is 16.5. The van der Waals surface area contributed by atoms with Crippen molar-refractivity contribution in [1.82, 2.24) is 5.32 Å². The summed E-state index contributed by atoms with van der Waals surface area (Å²) in [7, 11) is 2.01. The molecule has 1 fully saturated rings. The van der Waals surface area contributed by atoms with Crippen molar-refractivity contribution in [3.63, 3.8) is 0 Å². The molecule has 1 saturated heterocycles. The fourth-order valence-corrected chi connectivity index (χ4v) is 0.986. The zero-order chi connectivity index (χ0) is 7.82. The van der Waals surface area contributed by atoms with E-state index in [-0.39, 0.29) is 0 Å². The molecule has 10 heavy (non-hydrogen) atoms. The molecule has 2 heteroatoms. The number of rotatable bonds is 1. The van der Waals surface area contributed by atoms with Gasteiger partial charge in [-0.15, -0.1) is 0 Å². The lowest BCUT2D eigenvalue weighted by molar-refractivity contribution is 0.0799. The first-order valence-corrected chi connectivity index (χ1v) is 4.18. The van der Waals surface area contributed by atoms with E-state index in [0.29, 0.717) is 6.04 Å². The molecule has 1 rings (SSSR count). The van der Waals surface area contributed by atoms with Crippen LogP contribution in [0.2, 0.25) is 0 Å². The Morgan fingerprint density at radius 3 is 2.00 bits per heavy atom. The maximum Gasteiger partial charge on any atom is 0.0480 e. The van der Waals surface area contributed by atoms with E-state index in [2.05, 4.69) is 5.32 Å². The third kappa shape index (κ3) is 3.85. The summed E-state index contributed by atoms with van der Waals surface area (Å²) >= 11 is 0. The molecule has 0 bridgehead atoms. The van der Waals surface area contributed by atoms with Gasteiger partial charge in [-0.3, -0.25) is 0 Å². The largest absolute Gasteiger partial charge is 0.381 e. The van der Waals surface area contributed by atoms with Gasteiger partial charge in [0.25, 0.3) is 0 Å². The first-order valence-electron chi connectivity index (χ1n) is 4.18. The minimum Gasteiger partial charge on any atom is -0.381 e. The average molecular weight is 145 g/mol. The molecule has 0 aliphatic carbocycles. The van der Waals surface area contributed by atoms with Crippen LogP contribution in [0.4, 0.5) is 0 Å². The highest BCUT2D eigenvalue weighted by Gasteiger charge is 2.09. The number of hydrogen-bond acceptors (Lipinski definition) is 2. The van der Waals surface area contributed by atoms with E-state index in [1.807, 2.05) is 20.9 Å². The molecule has 1 aliphatic rings. The topological polar surface area (TPSA) is 21.3 Å². The van der Waals surface area contributed by atoms with Crippen molar-refractivity contribution >= 4 is 0 Å². The molecule has 0 spiro atoms. The lowest BCUT2D eigenvalue weighted by Gasteiger charge is -2.20. The zero-order valence-electron chi connectivity index (χ0n) is 7.31. The molecule has 0 aromatic heterocycles. The van der Waals surface area contributed by atoms with Gasteiger partial charge in [-0.05, 0) is 19.9 Å². The Morgan fingerprint density at radius 1 is 1.20 bits per heavy atom. The SMILES string of the molecule is CC.CNC1CCOCC1. The normalized spacial score (nSPS) is 19.5. The van der Waals surface area contributed by atoms with Crippen LogP contribution >= 0.6 is 0 Å². The molecule has 62 valence electrons. The Kier molecular flexibility index (Phi) is 6.98. The summed E-state index contributed by atoms with van der Waals surface area (Å²) in [5.41, 5.74) is 0. The minimum absolute atomic E-state index is 0.712. The van der Waals surface area contributed by atoms with E-state index in [0.717, 1.165) is 13.2 Å². The van der Waals surface area contributed by atoms with Crippen molar-refractivity contribution in [1.29, 1.82) is 0 Å². The summed E-state index contributed by atoms with van der Waals surface area (Å²) in [6, 6.07) is 0.712. The van der Waals surface area contributed by atoms with Crippen LogP contribution in [0.15, 0.2) is 0 Å². The molecule has 0 aromatic carbocycles. The van der Waals surface area contributed by atoms with E-state index >= 15 is 0 Å². The summed E-state index contributed by atoms with van der Waals surface area (Å²) in [6.07, 6.45) is 2.35. The Bertz CT molecular complexity index is 60.3. The van der Waals surface area contributed by atoms with Crippen LogP contribution in [0.3, 0.4) is 0 Å². The standard InChI is InChI=1S/C6H13NO.C2H6/c1-7-6-2-4-8-5-3-6;1-2/h6-7H,2-5H2,1H3;1-2H3. The van der Waals surface area contributed by atoms with Crippen molar-refractivity contribution in [2.45, 2.75) is 32.7 Å². The first kappa shape index (κ1) is 9.92. The Labute approximate surface area is 64.0 Å². The minimum atomic E-state index is 0.712. The summed E-state index contributed by atoms with van der Waals surface area (Å²) in [6.45, 7) is 5.87. The fourth-order valence-electron chi connectivity index (χ4n) is 0.986. The maximum atomic E-state index is 5.16. The predicted molar refractivity (Wildman–Crippen MR) is 44.2 cm³/mol. The highest BCUT2D eigenvalue weighted by Crippen LogP contribution is 2.04. The molecule has 1 heterocycles. The zero-order valence-corrected chi connectivity index (χ0v) is 7.31. The lowest BCUT2D eigenvalue weighted by Crippen LogP contribution is -2.31. The second-order valence-corrected chi connectivity index (χ2v) is 2.18. The summed E-state index contributed by atoms with van der Waals surface area (Å²) in [4.78, 5) is 0. The van der Waals surface area contributed by atoms with E-state index in [4.69, 9.17) is 4.74 Å². The van der Waals surface area contributed by atoms with Gasteiger partial charge in [-0.25, -0.2) is 0 Å². The van der Waals surface area contributed by atoms with Gasteiger partial charge in [-0.1, -0.05) is 13.8 Å². The smallest absolute Gasteiger partial charge is 0.0480 e. The van der Waals surface area contributed by atoms with Gasteiger partial charge in [0, 0.05) is 19.3 Å². The Morgan fingerprint density at radius 2 is 1.70 bits per heavy atom. The second-order valence-electron chi connectivity index (χ2n) is 2.18. The van der Waals surface area contributed by atoms with Gasteiger partial charge in [0.1, 0.15) is 0 Å². The van der Waals surface area contributed by atoms with Gasteiger partial charge >= 0.3 is 0 Å². The molecule has 0 radical (unpaired) electrons. The molecule has 0 unspecified atom stereocenters. The predicted octanol–water partition coefficient (Wildman–Crippen LogP) is 1.41. The number of hydrogen-bond donors (Lipinski definition) is 1. The molecule has 0 aromatic rings. The Hall–Kier alpha value is -0.0800. The number of ether oxygens (including phenoxy) is 1. The molecular formula is C8H19NO. The van der Waals surface area contributed by atoms with Crippen LogP contribution in [0.5, 0.6) is 0 Å². The third-order valence-electron chi connectivity index (χ3n) is 1.63. The van der Waals surface area contributed by atoms with Crippen molar-refractivity contribution in [2.75, 3.05) is 20.3 Å². The first-order chi connectivity index (χ1) is 4.93. The van der Waals surface area contributed by atoms with Crippen LogP contribution in [0, 0.1) is 0 Å². The molecule has 1 aliphatic heterocycles. The van der Waals surface area contributed by atoms with E-state index < -0.39 is 0 Å². The van der Waals surface area contributed by atoms with E-state index in [1.54, 1.807) is 0 Å². The van der Waals surface area contributed by atoms with Crippen LogP contribution in [-0.2, 0) is 4.74 Å². The summed E-state index contributed by atoms with van der Waals surface area (Å²) < 4.78 is 5.16. The van der Waals surface area contributed by atoms with Gasteiger partial charge in [0.2, 0.25) is 0 Å².